The normalized spacial score (nSPS) is 12.5. The molecule has 1 amide bonds. The molecule has 3 aromatic rings. The molecule has 0 aliphatic rings. The lowest BCUT2D eigenvalue weighted by atomic mass is 10.1. The van der Waals surface area contributed by atoms with Crippen LogP contribution in [0.5, 0.6) is 0 Å². The SMILES string of the molecule is O=C(Nc1ccc(Br)cc1)[C@@H](Cc1ccccc1)NS(=O)(=O)c1ccc(Br)s1. The van der Waals surface area contributed by atoms with Gasteiger partial charge in [-0.2, -0.15) is 4.72 Å². The Bertz CT molecular complexity index is 1050. The van der Waals surface area contributed by atoms with Gasteiger partial charge in [0.2, 0.25) is 5.91 Å². The maximum Gasteiger partial charge on any atom is 0.250 e. The summed E-state index contributed by atoms with van der Waals surface area (Å²) in [5, 5.41) is 2.78. The van der Waals surface area contributed by atoms with Crippen LogP contribution >= 0.6 is 43.2 Å². The quantitative estimate of drug-likeness (QED) is 0.449. The predicted octanol–water partition coefficient (Wildman–Crippen LogP) is 4.80. The monoisotopic (exact) mass is 542 g/mol. The van der Waals surface area contributed by atoms with Crippen LogP contribution in [-0.2, 0) is 21.2 Å². The van der Waals surface area contributed by atoms with Gasteiger partial charge in [-0.25, -0.2) is 8.42 Å². The maximum absolute atomic E-state index is 12.9. The van der Waals surface area contributed by atoms with Gasteiger partial charge in [-0.05, 0) is 64.3 Å². The summed E-state index contributed by atoms with van der Waals surface area (Å²) in [6, 6.07) is 18.6. The average molecular weight is 544 g/mol. The maximum atomic E-state index is 12.9. The summed E-state index contributed by atoms with van der Waals surface area (Å²) in [5.41, 5.74) is 1.44. The van der Waals surface area contributed by atoms with Crippen molar-refractivity contribution in [1.29, 1.82) is 0 Å². The van der Waals surface area contributed by atoms with Crippen molar-refractivity contribution in [1.82, 2.24) is 4.72 Å². The number of sulfonamides is 1. The summed E-state index contributed by atoms with van der Waals surface area (Å²) in [5.74, 6) is -0.426. The van der Waals surface area contributed by atoms with Crippen LogP contribution in [0.2, 0.25) is 0 Å². The number of rotatable bonds is 7. The third-order valence-corrected chi connectivity index (χ3v) is 7.94. The molecule has 0 spiro atoms. The lowest BCUT2D eigenvalue weighted by molar-refractivity contribution is -0.117. The second kappa shape index (κ2) is 9.32. The van der Waals surface area contributed by atoms with E-state index in [-0.39, 0.29) is 10.6 Å². The van der Waals surface area contributed by atoms with Crippen molar-refractivity contribution in [2.75, 3.05) is 5.32 Å². The van der Waals surface area contributed by atoms with Gasteiger partial charge in [-0.15, -0.1) is 11.3 Å². The molecule has 0 aliphatic carbocycles. The van der Waals surface area contributed by atoms with Gasteiger partial charge in [0.1, 0.15) is 10.3 Å². The zero-order valence-electron chi connectivity index (χ0n) is 14.4. The Labute approximate surface area is 184 Å². The molecule has 0 saturated carbocycles. The smallest absolute Gasteiger partial charge is 0.250 e. The molecule has 28 heavy (non-hydrogen) atoms. The van der Waals surface area contributed by atoms with Crippen molar-refractivity contribution in [2.45, 2.75) is 16.7 Å². The van der Waals surface area contributed by atoms with Gasteiger partial charge < -0.3 is 5.32 Å². The van der Waals surface area contributed by atoms with Crippen LogP contribution < -0.4 is 10.0 Å². The fourth-order valence-corrected chi connectivity index (χ4v) is 5.97. The van der Waals surface area contributed by atoms with E-state index in [1.165, 1.54) is 6.07 Å². The number of thiophene rings is 1. The number of nitrogens with one attached hydrogen (secondary N) is 2. The molecule has 1 heterocycles. The van der Waals surface area contributed by atoms with Gasteiger partial charge in [0.05, 0.1) is 3.79 Å². The van der Waals surface area contributed by atoms with Crippen LogP contribution in [0.15, 0.2) is 79.2 Å². The number of benzene rings is 2. The van der Waals surface area contributed by atoms with E-state index >= 15 is 0 Å². The largest absolute Gasteiger partial charge is 0.325 e. The second-order valence-corrected chi connectivity index (χ2v) is 11.2. The molecule has 2 aromatic carbocycles. The van der Waals surface area contributed by atoms with E-state index in [9.17, 15) is 13.2 Å². The highest BCUT2D eigenvalue weighted by Crippen LogP contribution is 2.26. The fourth-order valence-electron chi connectivity index (χ4n) is 2.49. The summed E-state index contributed by atoms with van der Waals surface area (Å²) < 4.78 is 29.8. The van der Waals surface area contributed by atoms with Crippen LogP contribution in [0.1, 0.15) is 5.56 Å². The van der Waals surface area contributed by atoms with Gasteiger partial charge in [-0.1, -0.05) is 46.3 Å². The lowest BCUT2D eigenvalue weighted by Gasteiger charge is -2.18. The Morgan fingerprint density at radius 2 is 1.64 bits per heavy atom. The molecular formula is C19H16Br2N2O3S2. The van der Waals surface area contributed by atoms with Crippen molar-refractivity contribution < 1.29 is 13.2 Å². The summed E-state index contributed by atoms with van der Waals surface area (Å²) in [6.45, 7) is 0. The van der Waals surface area contributed by atoms with E-state index in [4.69, 9.17) is 0 Å². The van der Waals surface area contributed by atoms with Gasteiger partial charge in [0, 0.05) is 10.2 Å². The Balaban J connectivity index is 1.83. The Morgan fingerprint density at radius 1 is 0.964 bits per heavy atom. The van der Waals surface area contributed by atoms with Crippen LogP contribution in [0, 0.1) is 0 Å². The van der Waals surface area contributed by atoms with E-state index in [0.29, 0.717) is 9.47 Å². The molecular weight excluding hydrogens is 528 g/mol. The van der Waals surface area contributed by atoms with Gasteiger partial charge in [0.25, 0.3) is 10.0 Å². The molecule has 5 nitrogen and oxygen atoms in total. The lowest BCUT2D eigenvalue weighted by Crippen LogP contribution is -2.45. The average Bonchev–Trinajstić information content (AvgIpc) is 3.11. The Kier molecular flexibility index (Phi) is 7.05. The van der Waals surface area contributed by atoms with E-state index in [1.807, 2.05) is 30.3 Å². The first kappa shape index (κ1) is 21.2. The number of halogens is 2. The molecule has 0 unspecified atom stereocenters. The third kappa shape index (κ3) is 5.74. The number of amides is 1. The van der Waals surface area contributed by atoms with Crippen molar-refractivity contribution >= 4 is 64.8 Å². The summed E-state index contributed by atoms with van der Waals surface area (Å²) in [7, 11) is -3.83. The van der Waals surface area contributed by atoms with Crippen molar-refractivity contribution in [2.24, 2.45) is 0 Å². The minimum absolute atomic E-state index is 0.147. The molecule has 146 valence electrons. The highest BCUT2D eigenvalue weighted by Gasteiger charge is 2.27. The van der Waals surface area contributed by atoms with Crippen molar-refractivity contribution in [3.05, 3.63) is 80.6 Å². The molecule has 9 heteroatoms. The zero-order valence-corrected chi connectivity index (χ0v) is 19.2. The van der Waals surface area contributed by atoms with Gasteiger partial charge >= 0.3 is 0 Å². The van der Waals surface area contributed by atoms with Crippen LogP contribution in [0.25, 0.3) is 0 Å². The topological polar surface area (TPSA) is 75.3 Å². The van der Waals surface area contributed by atoms with Crippen molar-refractivity contribution in [3.8, 4) is 0 Å². The molecule has 0 fully saturated rings. The molecule has 0 radical (unpaired) electrons. The number of carbonyl (C=O) groups is 1. The predicted molar refractivity (Wildman–Crippen MR) is 119 cm³/mol. The molecule has 3 rings (SSSR count). The molecule has 1 atom stereocenters. The number of anilines is 1. The summed E-state index contributed by atoms with van der Waals surface area (Å²) in [4.78, 5) is 12.9. The van der Waals surface area contributed by atoms with Crippen molar-refractivity contribution in [3.63, 3.8) is 0 Å². The third-order valence-electron chi connectivity index (χ3n) is 3.82. The molecule has 0 bridgehead atoms. The second-order valence-electron chi connectivity index (χ2n) is 5.92. The van der Waals surface area contributed by atoms with E-state index in [1.54, 1.807) is 30.3 Å². The van der Waals surface area contributed by atoms with Gasteiger partial charge in [0.15, 0.2) is 0 Å². The number of hydrogen-bond acceptors (Lipinski definition) is 4. The first-order valence-corrected chi connectivity index (χ1v) is 12.1. The molecule has 2 N–H and O–H groups in total. The highest BCUT2D eigenvalue weighted by molar-refractivity contribution is 9.11. The fraction of sp³-hybridized carbons (Fsp3) is 0.105. The minimum Gasteiger partial charge on any atom is -0.325 e. The Hall–Kier alpha value is -1.52. The first-order chi connectivity index (χ1) is 13.3. The Morgan fingerprint density at radius 3 is 2.25 bits per heavy atom. The standard InChI is InChI=1S/C19H16Br2N2O3S2/c20-14-6-8-15(9-7-14)22-19(24)16(12-13-4-2-1-3-5-13)23-28(25,26)18-11-10-17(21)27-18/h1-11,16,23H,12H2,(H,22,24)/t16-/m1/s1. The zero-order chi connectivity index (χ0) is 20.1. The van der Waals surface area contributed by atoms with Crippen LogP contribution in [0.3, 0.4) is 0 Å². The van der Waals surface area contributed by atoms with Crippen LogP contribution in [0.4, 0.5) is 5.69 Å². The summed E-state index contributed by atoms with van der Waals surface area (Å²) in [6.07, 6.45) is 0.231. The number of hydrogen-bond donors (Lipinski definition) is 2. The van der Waals surface area contributed by atoms with E-state index in [0.717, 1.165) is 21.4 Å². The molecule has 0 aliphatic heterocycles. The number of carbonyl (C=O) groups excluding carboxylic acids is 1. The van der Waals surface area contributed by atoms with Crippen LogP contribution in [-0.4, -0.2) is 20.4 Å². The molecule has 1 aromatic heterocycles. The highest BCUT2D eigenvalue weighted by atomic mass is 79.9. The van der Waals surface area contributed by atoms with Gasteiger partial charge in [-0.3, -0.25) is 4.79 Å². The van der Waals surface area contributed by atoms with E-state index in [2.05, 4.69) is 41.9 Å². The summed E-state index contributed by atoms with van der Waals surface area (Å²) >= 11 is 7.70. The van der Waals surface area contributed by atoms with E-state index < -0.39 is 22.0 Å². The molecule has 0 saturated heterocycles. The minimum atomic E-state index is -3.83. The first-order valence-electron chi connectivity index (χ1n) is 8.21.